The van der Waals surface area contributed by atoms with Gasteiger partial charge in [-0.3, -0.25) is 9.55 Å². The van der Waals surface area contributed by atoms with Crippen LogP contribution < -0.4 is 4.74 Å². The number of fused-ring (bicyclic) bond motifs is 9. The average molecular weight is 658 g/mol. The minimum atomic E-state index is -0.339. The van der Waals surface area contributed by atoms with Gasteiger partial charge in [0.2, 0.25) is 5.95 Å². The lowest BCUT2D eigenvalue weighted by atomic mass is 9.73. The molecule has 0 saturated carbocycles. The zero-order valence-electron chi connectivity index (χ0n) is 28.1. The van der Waals surface area contributed by atoms with Gasteiger partial charge in [-0.25, -0.2) is 4.98 Å². The maximum Gasteiger partial charge on any atom is 0.238 e. The Morgan fingerprint density at radius 1 is 0.549 bits per heavy atom. The van der Waals surface area contributed by atoms with Crippen molar-refractivity contribution in [2.45, 2.75) is 19.3 Å². The smallest absolute Gasteiger partial charge is 0.238 e. The Morgan fingerprint density at radius 3 is 1.94 bits per heavy atom. The van der Waals surface area contributed by atoms with E-state index in [4.69, 9.17) is 19.7 Å². The summed E-state index contributed by atoms with van der Waals surface area (Å²) in [5, 5.41) is 4.56. The summed E-state index contributed by atoms with van der Waals surface area (Å²) < 4.78 is 9.19. The highest BCUT2D eigenvalue weighted by atomic mass is 16.5. The predicted octanol–water partition coefficient (Wildman–Crippen LogP) is 10.9. The molecule has 0 amide bonds. The second kappa shape index (κ2) is 11.2. The monoisotopic (exact) mass is 657 g/mol. The van der Waals surface area contributed by atoms with Crippen LogP contribution >= 0.6 is 0 Å². The van der Waals surface area contributed by atoms with Crippen molar-refractivity contribution < 1.29 is 4.74 Å². The quantitative estimate of drug-likeness (QED) is 0.188. The van der Waals surface area contributed by atoms with Gasteiger partial charge in [0.15, 0.2) is 17.4 Å². The molecule has 6 nitrogen and oxygen atoms in total. The lowest BCUT2D eigenvalue weighted by Crippen LogP contribution is -2.25. The number of benzene rings is 6. The third-order valence-electron chi connectivity index (χ3n) is 10.1. The second-order valence-electron chi connectivity index (χ2n) is 13.5. The molecule has 0 bridgehead atoms. The molecular weight excluding hydrogens is 627 g/mol. The summed E-state index contributed by atoms with van der Waals surface area (Å²) in [7, 11) is 0. The van der Waals surface area contributed by atoms with Gasteiger partial charge in [0.05, 0.1) is 11.2 Å². The Balaban J connectivity index is 1.30. The van der Waals surface area contributed by atoms with Crippen molar-refractivity contribution in [3.63, 3.8) is 0 Å². The van der Waals surface area contributed by atoms with Gasteiger partial charge in [-0.15, -0.1) is 0 Å². The fourth-order valence-electron chi connectivity index (χ4n) is 7.77. The van der Waals surface area contributed by atoms with Crippen molar-refractivity contribution in [1.82, 2.24) is 24.5 Å². The fraction of sp³-hybridized carbons (Fsp3) is 0.0667. The molecule has 242 valence electrons. The first kappa shape index (κ1) is 29.3. The molecule has 9 aromatic rings. The Bertz CT molecular complexity index is 2790. The Kier molecular flexibility index (Phi) is 6.42. The van der Waals surface area contributed by atoms with Crippen LogP contribution in [0, 0.1) is 0 Å². The second-order valence-corrected chi connectivity index (χ2v) is 13.5. The van der Waals surface area contributed by atoms with Crippen molar-refractivity contribution in [1.29, 1.82) is 0 Å². The van der Waals surface area contributed by atoms with Crippen molar-refractivity contribution >= 4 is 32.6 Å². The molecule has 1 aliphatic heterocycles. The number of aromatic nitrogens is 5. The summed E-state index contributed by atoms with van der Waals surface area (Å²) in [5.74, 6) is 3.39. The van der Waals surface area contributed by atoms with Gasteiger partial charge in [-0.05, 0) is 35.0 Å². The summed E-state index contributed by atoms with van der Waals surface area (Å²) in [4.78, 5) is 20.1. The Labute approximate surface area is 294 Å². The summed E-state index contributed by atoms with van der Waals surface area (Å²) in [5.41, 5.74) is 7.64. The predicted molar refractivity (Wildman–Crippen MR) is 204 cm³/mol. The number of pyridine rings is 1. The Hall–Kier alpha value is -6.66. The standard InChI is InChI=1S/C45H31N5O/c1-45(2)34-19-9-11-22-37(34)51-41-39(45)32-17-7-6-16-31(32)38-33-18-8-10-21-36(33)50(40(38)41)44-48-42(29-14-4-3-5-15-29)47-43(49-44)30-25-23-28(24-26-30)35-20-12-13-27-46-35/h3-27H,1-2H3. The summed E-state index contributed by atoms with van der Waals surface area (Å²) >= 11 is 0. The molecule has 3 aromatic heterocycles. The van der Waals surface area contributed by atoms with Crippen LogP contribution in [0.15, 0.2) is 152 Å². The minimum absolute atomic E-state index is 0.339. The van der Waals surface area contributed by atoms with Crippen LogP contribution in [0.25, 0.3) is 72.6 Å². The van der Waals surface area contributed by atoms with E-state index in [2.05, 4.69) is 114 Å². The lowest BCUT2D eigenvalue weighted by molar-refractivity contribution is 0.424. The van der Waals surface area contributed by atoms with Gasteiger partial charge >= 0.3 is 0 Å². The van der Waals surface area contributed by atoms with Crippen LogP contribution in [-0.4, -0.2) is 24.5 Å². The van der Waals surface area contributed by atoms with E-state index < -0.39 is 0 Å². The van der Waals surface area contributed by atoms with E-state index in [0.717, 1.165) is 66.8 Å². The maximum atomic E-state index is 7.01. The summed E-state index contributed by atoms with van der Waals surface area (Å²) in [6.07, 6.45) is 1.81. The molecule has 10 rings (SSSR count). The number of nitrogens with zero attached hydrogens (tertiary/aromatic N) is 5. The van der Waals surface area contributed by atoms with Gasteiger partial charge in [0.25, 0.3) is 0 Å². The molecule has 0 spiro atoms. The highest BCUT2D eigenvalue weighted by molar-refractivity contribution is 6.24. The third kappa shape index (κ3) is 4.50. The molecule has 6 heteroatoms. The molecule has 0 fully saturated rings. The molecule has 0 N–H and O–H groups in total. The zero-order chi connectivity index (χ0) is 34.1. The summed E-state index contributed by atoms with van der Waals surface area (Å²) in [6.45, 7) is 4.59. The van der Waals surface area contributed by atoms with Gasteiger partial charge < -0.3 is 4.74 Å². The van der Waals surface area contributed by atoms with Crippen molar-refractivity contribution in [2.24, 2.45) is 0 Å². The number of rotatable bonds is 4. The van der Waals surface area contributed by atoms with E-state index >= 15 is 0 Å². The van der Waals surface area contributed by atoms with Crippen LogP contribution in [0.3, 0.4) is 0 Å². The van der Waals surface area contributed by atoms with Gasteiger partial charge in [-0.2, -0.15) is 9.97 Å². The van der Waals surface area contributed by atoms with Crippen LogP contribution in [0.1, 0.15) is 25.0 Å². The van der Waals surface area contributed by atoms with E-state index in [1.165, 1.54) is 10.8 Å². The molecular formula is C45H31N5O. The number of para-hydroxylation sites is 2. The molecule has 1 aliphatic rings. The molecule has 0 radical (unpaired) electrons. The third-order valence-corrected chi connectivity index (χ3v) is 10.1. The molecule has 4 heterocycles. The van der Waals surface area contributed by atoms with Gasteiger partial charge in [-0.1, -0.05) is 135 Å². The maximum absolute atomic E-state index is 7.01. The first-order chi connectivity index (χ1) is 25.1. The number of hydrogen-bond acceptors (Lipinski definition) is 5. The van der Waals surface area contributed by atoms with E-state index in [-0.39, 0.29) is 5.41 Å². The molecule has 6 aromatic carbocycles. The topological polar surface area (TPSA) is 65.7 Å². The van der Waals surface area contributed by atoms with Crippen LogP contribution in [0.2, 0.25) is 0 Å². The van der Waals surface area contributed by atoms with Crippen molar-refractivity contribution in [2.75, 3.05) is 0 Å². The van der Waals surface area contributed by atoms with Crippen LogP contribution in [-0.2, 0) is 5.41 Å². The number of hydrogen-bond donors (Lipinski definition) is 0. The summed E-state index contributed by atoms with van der Waals surface area (Å²) in [6, 6.07) is 49.8. The largest absolute Gasteiger partial charge is 0.454 e. The molecule has 0 aliphatic carbocycles. The number of ether oxygens (including phenoxy) is 1. The van der Waals surface area contributed by atoms with Crippen LogP contribution in [0.4, 0.5) is 0 Å². The van der Waals surface area contributed by atoms with Crippen molar-refractivity contribution in [3.05, 3.63) is 163 Å². The van der Waals surface area contributed by atoms with E-state index in [0.29, 0.717) is 17.6 Å². The first-order valence-electron chi connectivity index (χ1n) is 17.2. The van der Waals surface area contributed by atoms with Gasteiger partial charge in [0.1, 0.15) is 11.3 Å². The fourth-order valence-corrected chi connectivity index (χ4v) is 7.77. The van der Waals surface area contributed by atoms with E-state index in [1.807, 2.05) is 60.8 Å². The lowest BCUT2D eigenvalue weighted by Gasteiger charge is -2.36. The Morgan fingerprint density at radius 2 is 1.18 bits per heavy atom. The molecule has 51 heavy (non-hydrogen) atoms. The average Bonchev–Trinajstić information content (AvgIpc) is 3.54. The highest BCUT2D eigenvalue weighted by Gasteiger charge is 2.39. The highest BCUT2D eigenvalue weighted by Crippen LogP contribution is 2.55. The minimum Gasteiger partial charge on any atom is -0.454 e. The SMILES string of the molecule is CC1(C)c2ccccc2Oc2c1c1ccccc1c1c3ccccc3n(-c3nc(-c4ccccc4)nc(-c4ccc(-c5ccccn5)cc4)n3)c21. The van der Waals surface area contributed by atoms with E-state index in [9.17, 15) is 0 Å². The van der Waals surface area contributed by atoms with Crippen molar-refractivity contribution in [3.8, 4) is 51.5 Å². The first-order valence-corrected chi connectivity index (χ1v) is 17.2. The zero-order valence-corrected chi connectivity index (χ0v) is 28.1. The van der Waals surface area contributed by atoms with Gasteiger partial charge in [0, 0.05) is 50.2 Å². The normalized spacial score (nSPS) is 13.2. The van der Waals surface area contributed by atoms with E-state index in [1.54, 1.807) is 0 Å². The van der Waals surface area contributed by atoms with Crippen LogP contribution in [0.5, 0.6) is 11.5 Å². The molecule has 0 atom stereocenters. The molecule has 0 saturated heterocycles. The molecule has 0 unspecified atom stereocenters.